The normalized spacial score (nSPS) is 10.8. The third kappa shape index (κ3) is 4.22. The van der Waals surface area contributed by atoms with Crippen molar-refractivity contribution in [2.75, 3.05) is 11.9 Å². The highest BCUT2D eigenvalue weighted by molar-refractivity contribution is 6.42. The van der Waals surface area contributed by atoms with Gasteiger partial charge in [0.05, 0.1) is 32.5 Å². The first kappa shape index (κ1) is 20.4. The number of rotatable bonds is 4. The second-order valence-corrected chi connectivity index (χ2v) is 7.33. The van der Waals surface area contributed by atoms with Crippen molar-refractivity contribution >= 4 is 63.3 Å². The lowest BCUT2D eigenvalue weighted by Gasteiger charge is -2.13. The van der Waals surface area contributed by atoms with Crippen LogP contribution in [-0.2, 0) is 9.53 Å². The minimum atomic E-state index is -0.628. The van der Waals surface area contributed by atoms with Crippen LogP contribution in [0.25, 0.3) is 10.9 Å². The Morgan fingerprint density at radius 2 is 1.71 bits per heavy atom. The molecular weight excluding hydrogens is 423 g/mol. The van der Waals surface area contributed by atoms with Gasteiger partial charge in [-0.15, -0.1) is 0 Å². The molecule has 0 bridgehead atoms. The van der Waals surface area contributed by atoms with Gasteiger partial charge in [-0.2, -0.15) is 0 Å². The van der Waals surface area contributed by atoms with Crippen LogP contribution in [0.15, 0.2) is 36.4 Å². The molecule has 28 heavy (non-hydrogen) atoms. The minimum absolute atomic E-state index is 0.183. The van der Waals surface area contributed by atoms with E-state index in [2.05, 4.69) is 10.3 Å². The number of benzene rings is 2. The number of hydrogen-bond donors (Lipinski definition) is 1. The molecule has 0 radical (unpaired) electrons. The molecule has 0 unspecified atom stereocenters. The number of amides is 1. The lowest BCUT2D eigenvalue weighted by Crippen LogP contribution is -2.22. The SMILES string of the molecule is Cc1nc2ccccc2c(C)c1C(=O)OCC(=O)Nc1c(Cl)cc(Cl)cc1Cl. The van der Waals surface area contributed by atoms with Gasteiger partial charge in [-0.1, -0.05) is 53.0 Å². The van der Waals surface area contributed by atoms with Crippen molar-refractivity contribution < 1.29 is 14.3 Å². The third-order valence-electron chi connectivity index (χ3n) is 4.14. The topological polar surface area (TPSA) is 68.3 Å². The van der Waals surface area contributed by atoms with E-state index in [4.69, 9.17) is 39.5 Å². The van der Waals surface area contributed by atoms with E-state index in [-0.39, 0.29) is 15.7 Å². The lowest BCUT2D eigenvalue weighted by atomic mass is 10.0. The van der Waals surface area contributed by atoms with Gasteiger partial charge in [0.1, 0.15) is 0 Å². The van der Waals surface area contributed by atoms with E-state index in [0.717, 1.165) is 16.5 Å². The predicted molar refractivity (Wildman–Crippen MR) is 112 cm³/mol. The smallest absolute Gasteiger partial charge is 0.340 e. The summed E-state index contributed by atoms with van der Waals surface area (Å²) in [6.45, 7) is 3.05. The van der Waals surface area contributed by atoms with E-state index in [1.165, 1.54) is 12.1 Å². The first-order chi connectivity index (χ1) is 13.3. The molecule has 1 N–H and O–H groups in total. The number of nitrogens with zero attached hydrogens (tertiary/aromatic N) is 1. The van der Waals surface area contributed by atoms with E-state index >= 15 is 0 Å². The van der Waals surface area contributed by atoms with Gasteiger partial charge in [-0.25, -0.2) is 4.79 Å². The quantitative estimate of drug-likeness (QED) is 0.539. The minimum Gasteiger partial charge on any atom is -0.452 e. The van der Waals surface area contributed by atoms with Crippen LogP contribution in [0.4, 0.5) is 5.69 Å². The van der Waals surface area contributed by atoms with E-state index < -0.39 is 18.5 Å². The molecule has 5 nitrogen and oxygen atoms in total. The van der Waals surface area contributed by atoms with Crippen molar-refractivity contribution in [3.05, 3.63) is 68.3 Å². The van der Waals surface area contributed by atoms with Crippen LogP contribution < -0.4 is 5.32 Å². The highest BCUT2D eigenvalue weighted by Crippen LogP contribution is 2.33. The Morgan fingerprint density at radius 1 is 1.07 bits per heavy atom. The van der Waals surface area contributed by atoms with Gasteiger partial charge >= 0.3 is 5.97 Å². The first-order valence-corrected chi connectivity index (χ1v) is 9.38. The van der Waals surface area contributed by atoms with E-state index in [1.54, 1.807) is 6.92 Å². The molecule has 1 amide bonds. The molecule has 8 heteroatoms. The number of aryl methyl sites for hydroxylation is 2. The number of nitrogens with one attached hydrogen (secondary N) is 1. The Hall–Kier alpha value is -2.34. The molecule has 1 heterocycles. The van der Waals surface area contributed by atoms with Gasteiger partial charge in [-0.05, 0) is 37.6 Å². The number of para-hydroxylation sites is 1. The number of pyridine rings is 1. The van der Waals surface area contributed by atoms with Gasteiger partial charge in [-0.3, -0.25) is 9.78 Å². The molecule has 0 spiro atoms. The van der Waals surface area contributed by atoms with Crippen molar-refractivity contribution in [1.82, 2.24) is 4.98 Å². The number of halogens is 3. The molecule has 144 valence electrons. The Labute approximate surface area is 176 Å². The summed E-state index contributed by atoms with van der Waals surface area (Å²) in [4.78, 5) is 29.2. The molecule has 0 aliphatic carbocycles. The Balaban J connectivity index is 1.74. The van der Waals surface area contributed by atoms with Crippen LogP contribution in [0.1, 0.15) is 21.6 Å². The van der Waals surface area contributed by atoms with Crippen molar-refractivity contribution in [2.45, 2.75) is 13.8 Å². The number of carbonyl (C=O) groups excluding carboxylic acids is 2. The van der Waals surface area contributed by atoms with Gasteiger partial charge in [0.2, 0.25) is 0 Å². The monoisotopic (exact) mass is 436 g/mol. The highest BCUT2D eigenvalue weighted by atomic mass is 35.5. The lowest BCUT2D eigenvalue weighted by molar-refractivity contribution is -0.119. The van der Waals surface area contributed by atoms with Crippen LogP contribution >= 0.6 is 34.8 Å². The van der Waals surface area contributed by atoms with Gasteiger partial charge in [0, 0.05) is 10.4 Å². The summed E-state index contributed by atoms with van der Waals surface area (Å²) < 4.78 is 5.17. The first-order valence-electron chi connectivity index (χ1n) is 8.25. The summed E-state index contributed by atoms with van der Waals surface area (Å²) >= 11 is 17.9. The summed E-state index contributed by atoms with van der Waals surface area (Å²) in [5.74, 6) is -1.21. The number of ether oxygens (including phenoxy) is 1. The molecule has 0 fully saturated rings. The van der Waals surface area contributed by atoms with Gasteiger partial charge in [0.15, 0.2) is 6.61 Å². The van der Waals surface area contributed by atoms with E-state index in [1.807, 2.05) is 31.2 Å². The molecular formula is C20H15Cl3N2O3. The second kappa shape index (κ2) is 8.35. The van der Waals surface area contributed by atoms with Crippen LogP contribution in [0.2, 0.25) is 15.1 Å². The number of esters is 1. The second-order valence-electron chi connectivity index (χ2n) is 6.08. The maximum absolute atomic E-state index is 12.6. The molecule has 3 aromatic rings. The standard InChI is InChI=1S/C20H15Cl3N2O3/c1-10-13-5-3-4-6-16(13)24-11(2)18(10)20(27)28-9-17(26)25-19-14(22)7-12(21)8-15(19)23/h3-8H,9H2,1-2H3,(H,25,26). The molecule has 0 saturated heterocycles. The van der Waals surface area contributed by atoms with Crippen molar-refractivity contribution in [3.8, 4) is 0 Å². The zero-order valence-corrected chi connectivity index (χ0v) is 17.2. The van der Waals surface area contributed by atoms with Crippen LogP contribution in [0, 0.1) is 13.8 Å². The fourth-order valence-corrected chi connectivity index (χ4v) is 3.78. The van der Waals surface area contributed by atoms with Crippen LogP contribution in [0.3, 0.4) is 0 Å². The van der Waals surface area contributed by atoms with Gasteiger partial charge < -0.3 is 10.1 Å². The average Bonchev–Trinajstić information content (AvgIpc) is 2.63. The molecule has 0 saturated carbocycles. The van der Waals surface area contributed by atoms with Crippen molar-refractivity contribution in [3.63, 3.8) is 0 Å². The average molecular weight is 438 g/mol. The summed E-state index contributed by atoms with van der Waals surface area (Å²) in [5.41, 5.74) is 2.61. The zero-order chi connectivity index (χ0) is 20.4. The molecule has 3 rings (SSSR count). The zero-order valence-electron chi connectivity index (χ0n) is 15.0. The summed E-state index contributed by atoms with van der Waals surface area (Å²) in [6, 6.07) is 10.4. The Morgan fingerprint density at radius 3 is 2.39 bits per heavy atom. The number of carbonyl (C=O) groups is 2. The number of hydrogen-bond acceptors (Lipinski definition) is 4. The molecule has 0 aliphatic heterocycles. The molecule has 0 aliphatic rings. The number of fused-ring (bicyclic) bond motifs is 1. The third-order valence-corrected chi connectivity index (χ3v) is 4.96. The number of anilines is 1. The maximum Gasteiger partial charge on any atom is 0.340 e. The number of aromatic nitrogens is 1. The fraction of sp³-hybridized carbons (Fsp3) is 0.150. The molecule has 0 atom stereocenters. The van der Waals surface area contributed by atoms with Crippen molar-refractivity contribution in [2.24, 2.45) is 0 Å². The van der Waals surface area contributed by atoms with Gasteiger partial charge in [0.25, 0.3) is 5.91 Å². The Kier molecular flexibility index (Phi) is 6.08. The van der Waals surface area contributed by atoms with Crippen LogP contribution in [0.5, 0.6) is 0 Å². The molecule has 1 aromatic heterocycles. The fourth-order valence-electron chi connectivity index (χ4n) is 2.87. The summed E-state index contributed by atoms with van der Waals surface area (Å²) in [7, 11) is 0. The maximum atomic E-state index is 12.6. The highest BCUT2D eigenvalue weighted by Gasteiger charge is 2.19. The molecule has 2 aromatic carbocycles. The van der Waals surface area contributed by atoms with E-state index in [9.17, 15) is 9.59 Å². The Bertz CT molecular complexity index is 1080. The summed E-state index contributed by atoms with van der Waals surface area (Å²) in [5, 5.41) is 4.08. The van der Waals surface area contributed by atoms with Crippen molar-refractivity contribution in [1.29, 1.82) is 0 Å². The summed E-state index contributed by atoms with van der Waals surface area (Å²) in [6.07, 6.45) is 0. The van der Waals surface area contributed by atoms with Crippen LogP contribution in [-0.4, -0.2) is 23.5 Å². The van der Waals surface area contributed by atoms with E-state index in [0.29, 0.717) is 16.3 Å². The predicted octanol–water partition coefficient (Wildman–Crippen LogP) is 5.61. The largest absolute Gasteiger partial charge is 0.452 e.